The highest BCUT2D eigenvalue weighted by Crippen LogP contribution is 2.41. The second-order valence-corrected chi connectivity index (χ2v) is 5.45. The van der Waals surface area contributed by atoms with Gasteiger partial charge in [-0.3, -0.25) is 0 Å². The Kier molecular flexibility index (Phi) is 3.75. The Morgan fingerprint density at radius 3 is 2.62 bits per heavy atom. The standard InChI is InChI=1S/C16H15F3N4O/c17-16(18,19)9-4-5-12-8(6-9)7-13(24-12)10-2-1-3-11(14(10)20)15(21)23-22/h1-6,13H,7,20,22H2,(H2,21,23). The van der Waals surface area contributed by atoms with Gasteiger partial charge in [0.15, 0.2) is 5.84 Å². The molecule has 2 aromatic rings. The third-order valence-corrected chi connectivity index (χ3v) is 3.96. The van der Waals surface area contributed by atoms with E-state index >= 15 is 0 Å². The molecule has 0 aliphatic carbocycles. The number of fused-ring (bicyclic) bond motifs is 1. The maximum atomic E-state index is 12.8. The molecule has 2 aromatic carbocycles. The number of para-hydroxylation sites is 1. The van der Waals surface area contributed by atoms with Gasteiger partial charge in [0.2, 0.25) is 0 Å². The van der Waals surface area contributed by atoms with Crippen molar-refractivity contribution in [3.05, 3.63) is 58.7 Å². The average Bonchev–Trinajstić information content (AvgIpc) is 2.96. The predicted octanol–water partition coefficient (Wildman–Crippen LogP) is 2.54. The molecule has 1 aliphatic heterocycles. The minimum atomic E-state index is -4.39. The van der Waals surface area contributed by atoms with Crippen molar-refractivity contribution >= 4 is 11.5 Å². The molecule has 126 valence electrons. The fourth-order valence-corrected chi connectivity index (χ4v) is 2.76. The summed E-state index contributed by atoms with van der Waals surface area (Å²) in [5.41, 5.74) is 13.0. The van der Waals surface area contributed by atoms with Gasteiger partial charge >= 0.3 is 6.18 Å². The van der Waals surface area contributed by atoms with Crippen LogP contribution >= 0.6 is 0 Å². The Labute approximate surface area is 135 Å². The van der Waals surface area contributed by atoms with E-state index in [2.05, 4.69) is 5.10 Å². The van der Waals surface area contributed by atoms with Gasteiger partial charge in [-0.15, -0.1) is 0 Å². The molecular formula is C16H15F3N4O. The van der Waals surface area contributed by atoms with Crippen LogP contribution in [0.4, 0.5) is 18.9 Å². The lowest BCUT2D eigenvalue weighted by Gasteiger charge is -2.16. The minimum Gasteiger partial charge on any atom is -0.485 e. The molecule has 24 heavy (non-hydrogen) atoms. The van der Waals surface area contributed by atoms with Crippen molar-refractivity contribution in [1.29, 1.82) is 0 Å². The van der Waals surface area contributed by atoms with E-state index in [0.29, 0.717) is 28.1 Å². The molecule has 1 heterocycles. The van der Waals surface area contributed by atoms with E-state index in [4.69, 9.17) is 22.0 Å². The second-order valence-electron chi connectivity index (χ2n) is 5.45. The topological polar surface area (TPSA) is 99.6 Å². The van der Waals surface area contributed by atoms with E-state index in [1.165, 1.54) is 6.07 Å². The number of anilines is 1. The van der Waals surface area contributed by atoms with Crippen molar-refractivity contribution in [3.8, 4) is 5.75 Å². The van der Waals surface area contributed by atoms with Crippen LogP contribution in [0.15, 0.2) is 41.5 Å². The van der Waals surface area contributed by atoms with Gasteiger partial charge in [0.05, 0.1) is 5.56 Å². The maximum absolute atomic E-state index is 12.8. The van der Waals surface area contributed by atoms with E-state index in [1.807, 2.05) is 0 Å². The van der Waals surface area contributed by atoms with E-state index in [0.717, 1.165) is 12.1 Å². The second kappa shape index (κ2) is 5.63. The van der Waals surface area contributed by atoms with Crippen LogP contribution in [-0.2, 0) is 12.6 Å². The molecule has 0 saturated carbocycles. The van der Waals surface area contributed by atoms with Crippen molar-refractivity contribution in [3.63, 3.8) is 0 Å². The molecule has 6 N–H and O–H groups in total. The number of alkyl halides is 3. The van der Waals surface area contributed by atoms with E-state index < -0.39 is 17.8 Å². The van der Waals surface area contributed by atoms with Gasteiger partial charge in [-0.05, 0) is 29.8 Å². The Bertz CT molecular complexity index is 817. The summed E-state index contributed by atoms with van der Waals surface area (Å²) in [5.74, 6) is 5.66. The Balaban J connectivity index is 1.94. The molecule has 0 bridgehead atoms. The molecular weight excluding hydrogens is 321 g/mol. The van der Waals surface area contributed by atoms with Crippen LogP contribution in [0, 0.1) is 0 Å². The normalized spacial score (nSPS) is 17.5. The van der Waals surface area contributed by atoms with E-state index in [9.17, 15) is 13.2 Å². The van der Waals surface area contributed by atoms with E-state index in [-0.39, 0.29) is 12.3 Å². The molecule has 0 spiro atoms. The van der Waals surface area contributed by atoms with Gasteiger partial charge in [-0.25, -0.2) is 0 Å². The number of hydrogen-bond acceptors (Lipinski definition) is 4. The first-order valence-electron chi connectivity index (χ1n) is 7.10. The first kappa shape index (κ1) is 16.0. The number of hydrazone groups is 1. The Hall–Kier alpha value is -2.90. The maximum Gasteiger partial charge on any atom is 0.416 e. The zero-order valence-electron chi connectivity index (χ0n) is 12.5. The molecule has 0 amide bonds. The molecule has 0 fully saturated rings. The van der Waals surface area contributed by atoms with Gasteiger partial charge in [0, 0.05) is 23.2 Å². The lowest BCUT2D eigenvalue weighted by atomic mass is 9.98. The molecule has 0 aromatic heterocycles. The molecule has 1 atom stereocenters. The Morgan fingerprint density at radius 2 is 1.96 bits per heavy atom. The molecule has 0 radical (unpaired) electrons. The highest BCUT2D eigenvalue weighted by molar-refractivity contribution is 6.02. The molecule has 1 aliphatic rings. The third kappa shape index (κ3) is 2.70. The number of nitrogen functional groups attached to an aromatic ring is 1. The number of hydrogen-bond donors (Lipinski definition) is 3. The van der Waals surface area contributed by atoms with Crippen molar-refractivity contribution in [2.24, 2.45) is 16.7 Å². The van der Waals surface area contributed by atoms with Crippen LogP contribution in [0.25, 0.3) is 0 Å². The molecule has 8 heteroatoms. The lowest BCUT2D eigenvalue weighted by Crippen LogP contribution is -2.19. The predicted molar refractivity (Wildman–Crippen MR) is 84.3 cm³/mol. The highest BCUT2D eigenvalue weighted by atomic mass is 19.4. The van der Waals surface area contributed by atoms with E-state index in [1.54, 1.807) is 18.2 Å². The molecule has 1 unspecified atom stereocenters. The van der Waals surface area contributed by atoms with Crippen LogP contribution in [0.1, 0.15) is 28.4 Å². The number of nitrogens with zero attached hydrogens (tertiary/aromatic N) is 1. The first-order valence-corrected chi connectivity index (χ1v) is 7.10. The van der Waals surface area contributed by atoms with Crippen LogP contribution < -0.4 is 22.0 Å². The minimum absolute atomic E-state index is 0.0734. The van der Waals surface area contributed by atoms with Crippen molar-refractivity contribution in [2.45, 2.75) is 18.7 Å². The monoisotopic (exact) mass is 336 g/mol. The van der Waals surface area contributed by atoms with Crippen molar-refractivity contribution < 1.29 is 17.9 Å². The molecule has 0 saturated heterocycles. The smallest absolute Gasteiger partial charge is 0.416 e. The van der Waals surface area contributed by atoms with Gasteiger partial charge < -0.3 is 22.0 Å². The summed E-state index contributed by atoms with van der Waals surface area (Å²) in [5, 5.41) is 3.41. The summed E-state index contributed by atoms with van der Waals surface area (Å²) in [6.45, 7) is 0. The summed E-state index contributed by atoms with van der Waals surface area (Å²) < 4.78 is 44.2. The van der Waals surface area contributed by atoms with Crippen LogP contribution in [0.2, 0.25) is 0 Å². The van der Waals surface area contributed by atoms with Crippen molar-refractivity contribution in [2.75, 3.05) is 5.73 Å². The summed E-state index contributed by atoms with van der Waals surface area (Å²) in [4.78, 5) is 0. The van der Waals surface area contributed by atoms with Gasteiger partial charge in [-0.1, -0.05) is 12.1 Å². The summed E-state index contributed by atoms with van der Waals surface area (Å²) >= 11 is 0. The summed E-state index contributed by atoms with van der Waals surface area (Å²) in [7, 11) is 0. The first-order chi connectivity index (χ1) is 11.3. The van der Waals surface area contributed by atoms with Crippen LogP contribution in [0.3, 0.4) is 0 Å². The zero-order valence-corrected chi connectivity index (χ0v) is 12.5. The quantitative estimate of drug-likeness (QED) is 0.258. The van der Waals surface area contributed by atoms with Crippen LogP contribution in [-0.4, -0.2) is 5.84 Å². The fraction of sp³-hybridized carbons (Fsp3) is 0.188. The summed E-state index contributed by atoms with van der Waals surface area (Å²) in [6.07, 6.45) is -4.60. The lowest BCUT2D eigenvalue weighted by molar-refractivity contribution is -0.137. The zero-order chi connectivity index (χ0) is 17.5. The number of nitrogens with two attached hydrogens (primary N) is 3. The average molecular weight is 336 g/mol. The fourth-order valence-electron chi connectivity index (χ4n) is 2.76. The number of ether oxygens (including phenoxy) is 1. The highest BCUT2D eigenvalue weighted by Gasteiger charge is 2.34. The summed E-state index contributed by atoms with van der Waals surface area (Å²) in [6, 6.07) is 8.55. The molecule has 5 nitrogen and oxygen atoms in total. The largest absolute Gasteiger partial charge is 0.485 e. The number of rotatable bonds is 2. The third-order valence-electron chi connectivity index (χ3n) is 3.96. The Morgan fingerprint density at radius 1 is 1.21 bits per heavy atom. The number of amidine groups is 1. The molecule has 3 rings (SSSR count). The van der Waals surface area contributed by atoms with Gasteiger partial charge in [0.1, 0.15) is 11.9 Å². The number of halogens is 3. The number of benzene rings is 2. The van der Waals surface area contributed by atoms with Gasteiger partial charge in [-0.2, -0.15) is 18.3 Å². The van der Waals surface area contributed by atoms with Crippen molar-refractivity contribution in [1.82, 2.24) is 0 Å². The van der Waals surface area contributed by atoms with Gasteiger partial charge in [0.25, 0.3) is 0 Å². The van der Waals surface area contributed by atoms with Crippen LogP contribution in [0.5, 0.6) is 5.75 Å². The SMILES string of the molecule is N/N=C(\N)c1cccc(C2Cc3cc(C(F)(F)F)ccc3O2)c1N.